The molecule has 2 aromatic heterocycles. The van der Waals surface area contributed by atoms with Crippen molar-refractivity contribution in [2.24, 2.45) is 0 Å². The van der Waals surface area contributed by atoms with Crippen LogP contribution in [0.5, 0.6) is 0 Å². The molecule has 0 bridgehead atoms. The van der Waals surface area contributed by atoms with Gasteiger partial charge in [-0.3, -0.25) is 19.6 Å². The van der Waals surface area contributed by atoms with Crippen LogP contribution < -0.4 is 0 Å². The van der Waals surface area contributed by atoms with Crippen LogP contribution in [0, 0.1) is 10.1 Å². The summed E-state index contributed by atoms with van der Waals surface area (Å²) in [6.07, 6.45) is 6.05. The smallest absolute Gasteiger partial charge is 0.281 e. The monoisotopic (exact) mass is 371 g/mol. The number of hydrogen-bond donors (Lipinski definition) is 0. The van der Waals surface area contributed by atoms with Crippen molar-refractivity contribution in [2.75, 3.05) is 0 Å². The zero-order chi connectivity index (χ0) is 18.7. The number of nitro groups is 1. The second-order valence-electron chi connectivity index (χ2n) is 5.40. The molecular formula is C18H14ClN3O4. The number of nitrogens with zero attached hydrogens (tertiary/aromatic N) is 3. The van der Waals surface area contributed by atoms with Gasteiger partial charge in [-0.2, -0.15) is 5.10 Å². The summed E-state index contributed by atoms with van der Waals surface area (Å²) in [5, 5.41) is 15.5. The summed E-state index contributed by atoms with van der Waals surface area (Å²) in [4.78, 5) is 22.8. The number of furan rings is 1. The van der Waals surface area contributed by atoms with Crippen LogP contribution in [0.15, 0.2) is 53.2 Å². The van der Waals surface area contributed by atoms with Gasteiger partial charge in [0.2, 0.25) is 0 Å². The molecule has 1 aromatic carbocycles. The lowest BCUT2D eigenvalue weighted by Gasteiger charge is -2.00. The summed E-state index contributed by atoms with van der Waals surface area (Å²) in [6, 6.07) is 7.58. The van der Waals surface area contributed by atoms with Crippen molar-refractivity contribution in [3.63, 3.8) is 0 Å². The van der Waals surface area contributed by atoms with E-state index in [9.17, 15) is 14.9 Å². The average molecular weight is 372 g/mol. The first-order chi connectivity index (χ1) is 12.5. The first kappa shape index (κ1) is 17.6. The first-order valence-corrected chi connectivity index (χ1v) is 8.14. The SMILES string of the molecule is CCn1cc(C(=O)/C=C/c2ccc(-c3ccc(Cl)cc3[N+](=O)[O-])o2)cn1. The van der Waals surface area contributed by atoms with Crippen molar-refractivity contribution in [3.8, 4) is 11.3 Å². The number of benzene rings is 1. The van der Waals surface area contributed by atoms with Gasteiger partial charge in [0.05, 0.1) is 22.2 Å². The molecule has 0 atom stereocenters. The molecular weight excluding hydrogens is 358 g/mol. The van der Waals surface area contributed by atoms with Crippen LogP contribution in [0.2, 0.25) is 5.02 Å². The van der Waals surface area contributed by atoms with E-state index >= 15 is 0 Å². The predicted octanol–water partition coefficient (Wildman–Crippen LogP) is 4.62. The summed E-state index contributed by atoms with van der Waals surface area (Å²) >= 11 is 5.82. The molecule has 0 fully saturated rings. The average Bonchev–Trinajstić information content (AvgIpc) is 3.29. The maximum Gasteiger partial charge on any atom is 0.281 e. The van der Waals surface area contributed by atoms with Crippen molar-refractivity contribution in [2.45, 2.75) is 13.5 Å². The molecule has 0 N–H and O–H groups in total. The number of allylic oxidation sites excluding steroid dienone is 1. The molecule has 3 rings (SSSR count). The fraction of sp³-hybridized carbons (Fsp3) is 0.111. The number of nitro benzene ring substituents is 1. The molecule has 0 saturated heterocycles. The lowest BCUT2D eigenvalue weighted by Crippen LogP contribution is -1.94. The Labute approximate surface area is 153 Å². The van der Waals surface area contributed by atoms with Crippen LogP contribution in [-0.2, 0) is 6.54 Å². The molecule has 7 nitrogen and oxygen atoms in total. The van der Waals surface area contributed by atoms with Gasteiger partial charge in [-0.25, -0.2) is 0 Å². The normalized spacial score (nSPS) is 11.2. The molecule has 8 heteroatoms. The van der Waals surface area contributed by atoms with Crippen LogP contribution in [0.1, 0.15) is 23.0 Å². The Bertz CT molecular complexity index is 1000. The molecule has 0 amide bonds. The highest BCUT2D eigenvalue weighted by atomic mass is 35.5. The molecule has 0 spiro atoms. The molecule has 2 heterocycles. The number of carbonyl (C=O) groups excluding carboxylic acids is 1. The van der Waals surface area contributed by atoms with Gasteiger partial charge < -0.3 is 4.42 Å². The van der Waals surface area contributed by atoms with Crippen molar-refractivity contribution >= 4 is 29.1 Å². The van der Waals surface area contributed by atoms with Crippen molar-refractivity contribution in [3.05, 3.63) is 75.3 Å². The highest BCUT2D eigenvalue weighted by molar-refractivity contribution is 6.30. The first-order valence-electron chi connectivity index (χ1n) is 7.77. The summed E-state index contributed by atoms with van der Waals surface area (Å²) in [7, 11) is 0. The highest BCUT2D eigenvalue weighted by Crippen LogP contribution is 2.33. The van der Waals surface area contributed by atoms with Crippen molar-refractivity contribution in [1.29, 1.82) is 0 Å². The van der Waals surface area contributed by atoms with Crippen molar-refractivity contribution < 1.29 is 14.1 Å². The summed E-state index contributed by atoms with van der Waals surface area (Å²) in [5.74, 6) is 0.514. The minimum absolute atomic E-state index is 0.148. The van der Waals surface area contributed by atoms with Gasteiger partial charge >= 0.3 is 0 Å². The molecule has 0 aliphatic heterocycles. The van der Waals surface area contributed by atoms with Gasteiger partial charge in [0, 0.05) is 23.8 Å². The number of hydrogen-bond acceptors (Lipinski definition) is 5. The van der Waals surface area contributed by atoms with Gasteiger partial charge in [0.1, 0.15) is 11.5 Å². The second kappa shape index (κ2) is 7.37. The van der Waals surface area contributed by atoms with Crippen LogP contribution >= 0.6 is 11.6 Å². The third-order valence-electron chi connectivity index (χ3n) is 3.69. The second-order valence-corrected chi connectivity index (χ2v) is 5.84. The van der Waals surface area contributed by atoms with E-state index in [0.717, 1.165) is 0 Å². The van der Waals surface area contributed by atoms with Crippen LogP contribution in [0.4, 0.5) is 5.69 Å². The number of aromatic nitrogens is 2. The highest BCUT2D eigenvalue weighted by Gasteiger charge is 2.18. The predicted molar refractivity (Wildman–Crippen MR) is 97.1 cm³/mol. The van der Waals surface area contributed by atoms with Crippen molar-refractivity contribution in [1.82, 2.24) is 9.78 Å². The van der Waals surface area contributed by atoms with E-state index in [1.54, 1.807) is 29.1 Å². The third-order valence-corrected chi connectivity index (χ3v) is 3.92. The summed E-state index contributed by atoms with van der Waals surface area (Å²) in [5.41, 5.74) is 0.642. The topological polar surface area (TPSA) is 91.2 Å². The van der Waals surface area contributed by atoms with E-state index in [1.807, 2.05) is 6.92 Å². The molecule has 0 aliphatic rings. The number of rotatable bonds is 6. The van der Waals surface area contributed by atoms with Crippen LogP contribution in [0.25, 0.3) is 17.4 Å². The van der Waals surface area contributed by atoms with E-state index in [2.05, 4.69) is 5.10 Å². The van der Waals surface area contributed by atoms with E-state index in [1.165, 1.54) is 30.5 Å². The van der Waals surface area contributed by atoms with E-state index in [-0.39, 0.29) is 16.5 Å². The number of ketones is 1. The van der Waals surface area contributed by atoms with Gasteiger partial charge in [-0.1, -0.05) is 11.6 Å². The van der Waals surface area contributed by atoms with Gasteiger partial charge in [-0.05, 0) is 43.3 Å². The molecule has 26 heavy (non-hydrogen) atoms. The molecule has 0 unspecified atom stereocenters. The fourth-order valence-electron chi connectivity index (χ4n) is 2.37. The Morgan fingerprint density at radius 3 is 2.88 bits per heavy atom. The largest absolute Gasteiger partial charge is 0.456 e. The number of halogens is 1. The quantitative estimate of drug-likeness (QED) is 0.273. The lowest BCUT2D eigenvalue weighted by molar-refractivity contribution is -0.384. The van der Waals surface area contributed by atoms with Gasteiger partial charge in [0.25, 0.3) is 5.69 Å². The van der Waals surface area contributed by atoms with Gasteiger partial charge in [-0.15, -0.1) is 0 Å². The number of aryl methyl sites for hydroxylation is 1. The number of carbonyl (C=O) groups is 1. The Kier molecular flexibility index (Phi) is 4.99. The van der Waals surface area contributed by atoms with E-state index in [0.29, 0.717) is 29.2 Å². The Hall–Kier alpha value is -3.19. The molecule has 132 valence electrons. The third kappa shape index (κ3) is 3.73. The van der Waals surface area contributed by atoms with Crippen LogP contribution in [-0.4, -0.2) is 20.5 Å². The van der Waals surface area contributed by atoms with E-state index in [4.69, 9.17) is 16.0 Å². The molecule has 3 aromatic rings. The minimum atomic E-state index is -0.520. The summed E-state index contributed by atoms with van der Waals surface area (Å²) in [6.45, 7) is 2.61. The molecule has 0 radical (unpaired) electrons. The maximum atomic E-state index is 12.1. The zero-order valence-corrected chi connectivity index (χ0v) is 14.5. The summed E-state index contributed by atoms with van der Waals surface area (Å²) < 4.78 is 7.26. The Morgan fingerprint density at radius 2 is 2.19 bits per heavy atom. The van der Waals surface area contributed by atoms with E-state index < -0.39 is 4.92 Å². The maximum absolute atomic E-state index is 12.1. The fourth-order valence-corrected chi connectivity index (χ4v) is 2.54. The van der Waals surface area contributed by atoms with Gasteiger partial charge in [0.15, 0.2) is 5.78 Å². The zero-order valence-electron chi connectivity index (χ0n) is 13.8. The van der Waals surface area contributed by atoms with Crippen LogP contribution in [0.3, 0.4) is 0 Å². The molecule has 0 saturated carbocycles. The standard InChI is InChI=1S/C18H14ClN3O4/c1-2-21-11-12(10-20-21)17(23)7-4-14-5-8-18(26-14)15-6-3-13(19)9-16(15)22(24)25/h3-11H,2H2,1H3/b7-4+. The minimum Gasteiger partial charge on any atom is -0.456 e. The lowest BCUT2D eigenvalue weighted by atomic mass is 10.1. The Balaban J connectivity index is 1.82. The molecule has 0 aliphatic carbocycles. The Morgan fingerprint density at radius 1 is 1.38 bits per heavy atom.